The molecule has 0 radical (unpaired) electrons. The Bertz CT molecular complexity index is 891. The molecule has 4 rings (SSSR count). The largest absolute Gasteiger partial charge is 0.355 e. The van der Waals surface area contributed by atoms with Gasteiger partial charge in [0, 0.05) is 25.6 Å². The van der Waals surface area contributed by atoms with E-state index >= 15 is 0 Å². The summed E-state index contributed by atoms with van der Waals surface area (Å²) in [5.74, 6) is 0.382. The van der Waals surface area contributed by atoms with Crippen LogP contribution in [0.2, 0.25) is 0 Å². The van der Waals surface area contributed by atoms with Crippen molar-refractivity contribution in [1.29, 1.82) is 0 Å². The number of carbonyl (C=O) groups is 1. The quantitative estimate of drug-likeness (QED) is 0.744. The molecule has 0 unspecified atom stereocenters. The fourth-order valence-electron chi connectivity index (χ4n) is 3.85. The van der Waals surface area contributed by atoms with Crippen molar-refractivity contribution in [3.05, 3.63) is 83.9 Å². The van der Waals surface area contributed by atoms with E-state index in [0.717, 1.165) is 19.5 Å². The van der Waals surface area contributed by atoms with Crippen LogP contribution in [0.4, 0.5) is 0 Å². The lowest BCUT2D eigenvalue weighted by atomic mass is 9.87. The zero-order valence-electron chi connectivity index (χ0n) is 14.8. The van der Waals surface area contributed by atoms with Gasteiger partial charge < -0.3 is 10.6 Å². The predicted molar refractivity (Wildman–Crippen MR) is 106 cm³/mol. The first-order valence-electron chi connectivity index (χ1n) is 9.32. The van der Waals surface area contributed by atoms with Crippen LogP contribution in [0.3, 0.4) is 0 Å². The molecular formula is C23H24N2O. The van der Waals surface area contributed by atoms with Crippen molar-refractivity contribution < 1.29 is 4.79 Å². The molecule has 3 heteroatoms. The van der Waals surface area contributed by atoms with Crippen LogP contribution >= 0.6 is 0 Å². The highest BCUT2D eigenvalue weighted by atomic mass is 16.1. The van der Waals surface area contributed by atoms with E-state index in [2.05, 4.69) is 65.2 Å². The van der Waals surface area contributed by atoms with Crippen molar-refractivity contribution >= 4 is 16.7 Å². The standard InChI is InChI=1S/C23H24N2O/c26-23(25-13-12-17-6-2-1-3-7-17)22-16-24-15-21(22)20-11-10-18-8-4-5-9-19(18)14-20/h1-11,14,21-22,24H,12-13,15-16H2,(H,25,26)/t21-,22+/m0/s1. The molecule has 0 bridgehead atoms. The molecule has 1 heterocycles. The van der Waals surface area contributed by atoms with E-state index in [1.54, 1.807) is 0 Å². The molecule has 132 valence electrons. The maximum absolute atomic E-state index is 12.7. The topological polar surface area (TPSA) is 41.1 Å². The fourth-order valence-corrected chi connectivity index (χ4v) is 3.85. The molecule has 0 saturated carbocycles. The van der Waals surface area contributed by atoms with Gasteiger partial charge in [-0.25, -0.2) is 0 Å². The lowest BCUT2D eigenvalue weighted by molar-refractivity contribution is -0.124. The normalized spacial score (nSPS) is 19.5. The minimum Gasteiger partial charge on any atom is -0.355 e. The van der Waals surface area contributed by atoms with E-state index < -0.39 is 0 Å². The van der Waals surface area contributed by atoms with Crippen molar-refractivity contribution in [2.75, 3.05) is 19.6 Å². The number of carbonyl (C=O) groups excluding carboxylic acids is 1. The number of hydrogen-bond acceptors (Lipinski definition) is 2. The van der Waals surface area contributed by atoms with Crippen molar-refractivity contribution in [1.82, 2.24) is 10.6 Å². The molecule has 2 atom stereocenters. The van der Waals surface area contributed by atoms with Gasteiger partial charge in [0.05, 0.1) is 5.92 Å². The average molecular weight is 344 g/mol. The van der Waals surface area contributed by atoms with E-state index in [1.165, 1.54) is 21.9 Å². The number of nitrogens with one attached hydrogen (secondary N) is 2. The zero-order chi connectivity index (χ0) is 17.8. The van der Waals surface area contributed by atoms with Crippen LogP contribution in [0.15, 0.2) is 72.8 Å². The Kier molecular flexibility index (Phi) is 4.98. The minimum atomic E-state index is -0.00747. The summed E-state index contributed by atoms with van der Waals surface area (Å²) < 4.78 is 0. The lowest BCUT2D eigenvalue weighted by Gasteiger charge is -2.19. The minimum absolute atomic E-state index is 0.00747. The monoisotopic (exact) mass is 344 g/mol. The molecule has 1 fully saturated rings. The van der Waals surface area contributed by atoms with Gasteiger partial charge in [-0.15, -0.1) is 0 Å². The van der Waals surface area contributed by atoms with E-state index in [-0.39, 0.29) is 17.7 Å². The summed E-state index contributed by atoms with van der Waals surface area (Å²) in [6.07, 6.45) is 0.868. The third-order valence-corrected chi connectivity index (χ3v) is 5.31. The van der Waals surface area contributed by atoms with Crippen LogP contribution in [0.5, 0.6) is 0 Å². The Morgan fingerprint density at radius 2 is 1.69 bits per heavy atom. The Hall–Kier alpha value is -2.65. The third kappa shape index (κ3) is 3.63. The van der Waals surface area contributed by atoms with E-state index in [4.69, 9.17) is 0 Å². The molecule has 1 aliphatic heterocycles. The van der Waals surface area contributed by atoms with Crippen molar-refractivity contribution in [2.24, 2.45) is 5.92 Å². The number of rotatable bonds is 5. The number of benzene rings is 3. The molecule has 3 nitrogen and oxygen atoms in total. The maximum atomic E-state index is 12.7. The van der Waals surface area contributed by atoms with Crippen molar-refractivity contribution in [2.45, 2.75) is 12.3 Å². The average Bonchev–Trinajstić information content (AvgIpc) is 3.18. The number of amides is 1. The SMILES string of the molecule is O=C(NCCc1ccccc1)[C@@H]1CNC[C@H]1c1ccc2ccccc2c1. The number of hydrogen-bond donors (Lipinski definition) is 2. The highest BCUT2D eigenvalue weighted by Gasteiger charge is 2.33. The molecule has 0 aromatic heterocycles. The Labute approximate surface area is 154 Å². The van der Waals surface area contributed by atoms with Crippen LogP contribution in [0.25, 0.3) is 10.8 Å². The van der Waals surface area contributed by atoms with Crippen LogP contribution in [0.1, 0.15) is 17.0 Å². The van der Waals surface area contributed by atoms with Gasteiger partial charge in [-0.3, -0.25) is 4.79 Å². The highest BCUT2D eigenvalue weighted by molar-refractivity contribution is 5.84. The smallest absolute Gasteiger partial charge is 0.225 e. The number of fused-ring (bicyclic) bond motifs is 1. The second-order valence-corrected chi connectivity index (χ2v) is 7.00. The van der Waals surface area contributed by atoms with E-state index in [1.807, 2.05) is 18.2 Å². The molecule has 3 aromatic rings. The van der Waals surface area contributed by atoms with Crippen LogP contribution in [-0.2, 0) is 11.2 Å². The molecule has 1 saturated heterocycles. The van der Waals surface area contributed by atoms with E-state index in [9.17, 15) is 4.79 Å². The molecular weight excluding hydrogens is 320 g/mol. The van der Waals surface area contributed by atoms with Crippen LogP contribution in [-0.4, -0.2) is 25.5 Å². The summed E-state index contributed by atoms with van der Waals surface area (Å²) in [5, 5.41) is 9.01. The molecule has 26 heavy (non-hydrogen) atoms. The van der Waals surface area contributed by atoms with Gasteiger partial charge in [0.2, 0.25) is 5.91 Å². The van der Waals surface area contributed by atoms with Crippen LogP contribution < -0.4 is 10.6 Å². The lowest BCUT2D eigenvalue weighted by Crippen LogP contribution is -2.35. The molecule has 1 amide bonds. The Morgan fingerprint density at radius 1 is 0.923 bits per heavy atom. The molecule has 0 aliphatic carbocycles. The van der Waals surface area contributed by atoms with Crippen molar-refractivity contribution in [3.8, 4) is 0 Å². The summed E-state index contributed by atoms with van der Waals surface area (Å²) in [4.78, 5) is 12.7. The second-order valence-electron chi connectivity index (χ2n) is 7.00. The van der Waals surface area contributed by atoms with Gasteiger partial charge in [0.1, 0.15) is 0 Å². The molecule has 3 aromatic carbocycles. The Balaban J connectivity index is 1.42. The van der Waals surface area contributed by atoms with Gasteiger partial charge in [-0.05, 0) is 28.3 Å². The highest BCUT2D eigenvalue weighted by Crippen LogP contribution is 2.30. The van der Waals surface area contributed by atoms with Crippen molar-refractivity contribution in [3.63, 3.8) is 0 Å². The van der Waals surface area contributed by atoms with Gasteiger partial charge in [-0.2, -0.15) is 0 Å². The fraction of sp³-hybridized carbons (Fsp3) is 0.261. The molecule has 1 aliphatic rings. The van der Waals surface area contributed by atoms with Gasteiger partial charge in [0.15, 0.2) is 0 Å². The maximum Gasteiger partial charge on any atom is 0.225 e. The third-order valence-electron chi connectivity index (χ3n) is 5.31. The zero-order valence-corrected chi connectivity index (χ0v) is 14.8. The molecule has 0 spiro atoms. The first kappa shape index (κ1) is 16.8. The van der Waals surface area contributed by atoms with Crippen LogP contribution in [0, 0.1) is 5.92 Å². The summed E-state index contributed by atoms with van der Waals surface area (Å²) in [7, 11) is 0. The van der Waals surface area contributed by atoms with Gasteiger partial charge in [0.25, 0.3) is 0 Å². The predicted octanol–water partition coefficient (Wildman–Crippen LogP) is 3.50. The van der Waals surface area contributed by atoms with Gasteiger partial charge in [-0.1, -0.05) is 72.8 Å². The van der Waals surface area contributed by atoms with E-state index in [0.29, 0.717) is 6.54 Å². The summed E-state index contributed by atoms with van der Waals surface area (Å²) >= 11 is 0. The van der Waals surface area contributed by atoms with Gasteiger partial charge >= 0.3 is 0 Å². The Morgan fingerprint density at radius 3 is 2.54 bits per heavy atom. The molecule has 2 N–H and O–H groups in total. The second kappa shape index (κ2) is 7.71. The first-order valence-corrected chi connectivity index (χ1v) is 9.32. The summed E-state index contributed by atoms with van der Waals surface area (Å²) in [6, 6.07) is 25.2. The summed E-state index contributed by atoms with van der Waals surface area (Å²) in [5.41, 5.74) is 2.50. The summed E-state index contributed by atoms with van der Waals surface area (Å²) in [6.45, 7) is 2.29. The first-order chi connectivity index (χ1) is 12.8.